The van der Waals surface area contributed by atoms with Crippen LogP contribution in [-0.2, 0) is 11.2 Å². The van der Waals surface area contributed by atoms with Crippen LogP contribution >= 0.6 is 0 Å². The first-order chi connectivity index (χ1) is 15.6. The highest BCUT2D eigenvalue weighted by Gasteiger charge is 2.20. The van der Waals surface area contributed by atoms with E-state index in [1.54, 1.807) is 29.2 Å². The number of ether oxygens (including phenoxy) is 2. The second-order valence-corrected chi connectivity index (χ2v) is 7.69. The SMILES string of the molecule is N#CCc1c(Oc2ccc(F)c(-c3ccn(C4CCCCO4)n3)c2)c(F)cc2[nH]ccc12. The van der Waals surface area contributed by atoms with Crippen molar-refractivity contribution in [3.8, 4) is 28.8 Å². The van der Waals surface area contributed by atoms with E-state index in [0.29, 0.717) is 28.8 Å². The van der Waals surface area contributed by atoms with Gasteiger partial charge in [0.1, 0.15) is 17.8 Å². The summed E-state index contributed by atoms with van der Waals surface area (Å²) in [6.07, 6.45) is 6.20. The Morgan fingerprint density at radius 3 is 2.91 bits per heavy atom. The average molecular weight is 434 g/mol. The lowest BCUT2D eigenvalue weighted by molar-refractivity contribution is -0.0393. The van der Waals surface area contributed by atoms with Crippen molar-refractivity contribution in [1.29, 1.82) is 5.26 Å². The zero-order valence-corrected chi connectivity index (χ0v) is 17.1. The van der Waals surface area contributed by atoms with E-state index >= 15 is 0 Å². The van der Waals surface area contributed by atoms with E-state index < -0.39 is 11.6 Å². The Labute approximate surface area is 183 Å². The van der Waals surface area contributed by atoms with Gasteiger partial charge in [0.05, 0.1) is 18.2 Å². The van der Waals surface area contributed by atoms with Crippen LogP contribution in [0.5, 0.6) is 11.5 Å². The van der Waals surface area contributed by atoms with Gasteiger partial charge in [-0.1, -0.05) is 0 Å². The number of nitrogens with zero attached hydrogens (tertiary/aromatic N) is 3. The second-order valence-electron chi connectivity index (χ2n) is 7.69. The molecule has 0 amide bonds. The van der Waals surface area contributed by atoms with Crippen molar-refractivity contribution < 1.29 is 18.3 Å². The summed E-state index contributed by atoms with van der Waals surface area (Å²) in [5, 5.41) is 14.4. The van der Waals surface area contributed by atoms with E-state index in [1.807, 2.05) is 0 Å². The van der Waals surface area contributed by atoms with Crippen LogP contribution in [0.1, 0.15) is 31.1 Å². The van der Waals surface area contributed by atoms with Crippen LogP contribution < -0.4 is 4.74 Å². The molecule has 2 aromatic heterocycles. The monoisotopic (exact) mass is 434 g/mol. The van der Waals surface area contributed by atoms with Crippen molar-refractivity contribution >= 4 is 10.9 Å². The van der Waals surface area contributed by atoms with Gasteiger partial charge in [0, 0.05) is 47.1 Å². The molecule has 0 radical (unpaired) electrons. The van der Waals surface area contributed by atoms with Gasteiger partial charge in [0.15, 0.2) is 11.6 Å². The molecule has 162 valence electrons. The molecule has 1 atom stereocenters. The third-order valence-electron chi connectivity index (χ3n) is 5.61. The number of hydrogen-bond acceptors (Lipinski definition) is 4. The van der Waals surface area contributed by atoms with Crippen molar-refractivity contribution in [1.82, 2.24) is 14.8 Å². The minimum atomic E-state index is -0.602. The molecule has 2 aromatic carbocycles. The number of nitriles is 1. The summed E-state index contributed by atoms with van der Waals surface area (Å²) in [4.78, 5) is 2.94. The molecular weight excluding hydrogens is 414 g/mol. The van der Waals surface area contributed by atoms with Crippen LogP contribution in [0.3, 0.4) is 0 Å². The maximum atomic E-state index is 14.8. The molecule has 8 heteroatoms. The van der Waals surface area contributed by atoms with E-state index in [4.69, 9.17) is 9.47 Å². The highest BCUT2D eigenvalue weighted by Crippen LogP contribution is 2.36. The van der Waals surface area contributed by atoms with E-state index in [-0.39, 0.29) is 29.7 Å². The molecule has 0 saturated carbocycles. The Balaban J connectivity index is 1.49. The van der Waals surface area contributed by atoms with Crippen LogP contribution in [0.15, 0.2) is 48.8 Å². The molecule has 0 aliphatic carbocycles. The molecule has 1 aliphatic heterocycles. The molecule has 0 spiro atoms. The number of aromatic amines is 1. The minimum Gasteiger partial charge on any atom is -0.454 e. The number of halogens is 2. The lowest BCUT2D eigenvalue weighted by Gasteiger charge is -2.22. The van der Waals surface area contributed by atoms with Gasteiger partial charge in [-0.05, 0) is 49.6 Å². The number of nitrogens with one attached hydrogen (secondary N) is 1. The summed E-state index contributed by atoms with van der Waals surface area (Å²) in [6, 6.07) is 11.0. The van der Waals surface area contributed by atoms with E-state index in [1.165, 1.54) is 24.3 Å². The summed E-state index contributed by atoms with van der Waals surface area (Å²) >= 11 is 0. The molecule has 1 N–H and O–H groups in total. The van der Waals surface area contributed by atoms with Crippen LogP contribution in [0, 0.1) is 23.0 Å². The zero-order valence-electron chi connectivity index (χ0n) is 17.1. The fraction of sp³-hybridized carbons (Fsp3) is 0.250. The Hall–Kier alpha value is -3.70. The fourth-order valence-corrected chi connectivity index (χ4v) is 4.04. The summed E-state index contributed by atoms with van der Waals surface area (Å²) in [6.45, 7) is 0.680. The Morgan fingerprint density at radius 1 is 1.19 bits per heavy atom. The first-order valence-electron chi connectivity index (χ1n) is 10.4. The first kappa shape index (κ1) is 20.2. The number of aromatic nitrogens is 3. The van der Waals surface area contributed by atoms with Crippen LogP contribution in [-0.4, -0.2) is 21.4 Å². The molecule has 5 rings (SSSR count). The van der Waals surface area contributed by atoms with E-state index in [9.17, 15) is 14.0 Å². The van der Waals surface area contributed by atoms with Crippen LogP contribution in [0.2, 0.25) is 0 Å². The number of benzene rings is 2. The maximum absolute atomic E-state index is 14.8. The fourth-order valence-electron chi connectivity index (χ4n) is 4.04. The first-order valence-corrected chi connectivity index (χ1v) is 10.4. The zero-order chi connectivity index (χ0) is 22.1. The molecule has 6 nitrogen and oxygen atoms in total. The number of H-pyrrole nitrogens is 1. The standard InChI is InChI=1S/C24H20F2N4O2/c25-19-5-4-15(13-18(19)21-8-11-30(29-21)23-3-1-2-12-31-23)32-24-17(6-9-27)16-7-10-28-22(16)14-20(24)26/h4-5,7-8,10-11,13-14,23,28H,1-3,6,12H2. The average Bonchev–Trinajstić information content (AvgIpc) is 3.48. The van der Waals surface area contributed by atoms with Crippen LogP contribution in [0.25, 0.3) is 22.2 Å². The summed E-state index contributed by atoms with van der Waals surface area (Å²) < 4.78 is 42.7. The Kier molecular flexibility index (Phi) is 5.33. The third kappa shape index (κ3) is 3.72. The van der Waals surface area contributed by atoms with Gasteiger partial charge >= 0.3 is 0 Å². The van der Waals surface area contributed by atoms with E-state index in [2.05, 4.69) is 16.2 Å². The van der Waals surface area contributed by atoms with Crippen molar-refractivity contribution in [3.05, 3.63) is 66.0 Å². The van der Waals surface area contributed by atoms with Gasteiger partial charge in [-0.2, -0.15) is 10.4 Å². The molecule has 3 heterocycles. The smallest absolute Gasteiger partial charge is 0.168 e. The molecule has 1 fully saturated rings. The van der Waals surface area contributed by atoms with Gasteiger partial charge in [-0.3, -0.25) is 0 Å². The Bertz CT molecular complexity index is 1320. The predicted octanol–water partition coefficient (Wildman–Crippen LogP) is 5.87. The minimum absolute atomic E-state index is 0.0265. The third-order valence-corrected chi connectivity index (χ3v) is 5.61. The molecule has 4 aromatic rings. The Morgan fingerprint density at radius 2 is 2.09 bits per heavy atom. The van der Waals surface area contributed by atoms with Crippen molar-refractivity contribution in [2.24, 2.45) is 0 Å². The van der Waals surface area contributed by atoms with Gasteiger partial charge in [-0.25, -0.2) is 13.5 Å². The van der Waals surface area contributed by atoms with Crippen molar-refractivity contribution in [2.45, 2.75) is 31.9 Å². The highest BCUT2D eigenvalue weighted by molar-refractivity contribution is 5.86. The van der Waals surface area contributed by atoms with Crippen molar-refractivity contribution in [3.63, 3.8) is 0 Å². The lowest BCUT2D eigenvalue weighted by Crippen LogP contribution is -2.18. The predicted molar refractivity (Wildman–Crippen MR) is 114 cm³/mol. The summed E-state index contributed by atoms with van der Waals surface area (Å²) in [5.74, 6) is -0.865. The topological polar surface area (TPSA) is 75.9 Å². The van der Waals surface area contributed by atoms with Crippen molar-refractivity contribution in [2.75, 3.05) is 6.61 Å². The molecule has 0 bridgehead atoms. The van der Waals surface area contributed by atoms with Gasteiger partial charge in [0.2, 0.25) is 0 Å². The molecular formula is C24H20F2N4O2. The van der Waals surface area contributed by atoms with Gasteiger partial charge in [-0.15, -0.1) is 0 Å². The summed E-state index contributed by atoms with van der Waals surface area (Å²) in [5.41, 5.74) is 1.69. The number of rotatable bonds is 5. The van der Waals surface area contributed by atoms with Gasteiger partial charge < -0.3 is 14.5 Å². The maximum Gasteiger partial charge on any atom is 0.168 e. The molecule has 1 unspecified atom stereocenters. The molecule has 1 aliphatic rings. The normalized spacial score (nSPS) is 16.2. The second kappa shape index (κ2) is 8.44. The van der Waals surface area contributed by atoms with Gasteiger partial charge in [0.25, 0.3) is 0 Å². The molecule has 1 saturated heterocycles. The largest absolute Gasteiger partial charge is 0.454 e. The summed E-state index contributed by atoms with van der Waals surface area (Å²) in [7, 11) is 0. The quantitative estimate of drug-likeness (QED) is 0.426. The number of fused-ring (bicyclic) bond motifs is 1. The lowest BCUT2D eigenvalue weighted by atomic mass is 10.1. The van der Waals surface area contributed by atoms with E-state index in [0.717, 1.165) is 19.3 Å². The molecule has 32 heavy (non-hydrogen) atoms. The number of hydrogen-bond donors (Lipinski definition) is 1. The van der Waals surface area contributed by atoms with Crippen LogP contribution in [0.4, 0.5) is 8.78 Å². The highest BCUT2D eigenvalue weighted by atomic mass is 19.1.